The molecule has 1 heterocycles. The van der Waals surface area contributed by atoms with Crippen LogP contribution in [0.15, 0.2) is 24.3 Å². The third kappa shape index (κ3) is 3.39. The molecule has 1 aliphatic carbocycles. The van der Waals surface area contributed by atoms with E-state index in [2.05, 4.69) is 17.1 Å². The van der Waals surface area contributed by atoms with Crippen molar-refractivity contribution in [1.82, 2.24) is 10.2 Å². The number of benzene rings is 1. The van der Waals surface area contributed by atoms with Crippen molar-refractivity contribution in [1.29, 1.82) is 0 Å². The molecule has 1 saturated carbocycles. The SMILES string of the molecule is CCC(NC1CCN(C2CC2)CC1)c1ccc(F)cc1. The van der Waals surface area contributed by atoms with Crippen molar-refractivity contribution in [2.45, 2.75) is 57.2 Å². The molecule has 0 bridgehead atoms. The molecule has 0 radical (unpaired) electrons. The molecule has 2 aliphatic rings. The Morgan fingerprint density at radius 3 is 2.35 bits per heavy atom. The zero-order valence-electron chi connectivity index (χ0n) is 12.3. The van der Waals surface area contributed by atoms with Crippen molar-refractivity contribution in [3.63, 3.8) is 0 Å². The highest BCUT2D eigenvalue weighted by Crippen LogP contribution is 2.30. The van der Waals surface area contributed by atoms with E-state index in [0.29, 0.717) is 12.1 Å². The molecule has 1 N–H and O–H groups in total. The van der Waals surface area contributed by atoms with Crippen molar-refractivity contribution in [2.24, 2.45) is 0 Å². The van der Waals surface area contributed by atoms with Gasteiger partial charge in [0.1, 0.15) is 5.82 Å². The minimum Gasteiger partial charge on any atom is -0.307 e. The van der Waals surface area contributed by atoms with Crippen LogP contribution in [0, 0.1) is 5.82 Å². The van der Waals surface area contributed by atoms with Gasteiger partial charge in [-0.3, -0.25) is 0 Å². The van der Waals surface area contributed by atoms with Crippen LogP contribution in [0.4, 0.5) is 4.39 Å². The molecule has 110 valence electrons. The van der Waals surface area contributed by atoms with E-state index in [1.54, 1.807) is 12.1 Å². The van der Waals surface area contributed by atoms with Crippen LogP contribution in [0.1, 0.15) is 50.6 Å². The third-order valence-corrected chi connectivity index (χ3v) is 4.71. The maximum atomic E-state index is 13.0. The summed E-state index contributed by atoms with van der Waals surface area (Å²) in [7, 11) is 0. The van der Waals surface area contributed by atoms with Crippen molar-refractivity contribution >= 4 is 0 Å². The topological polar surface area (TPSA) is 15.3 Å². The second-order valence-electron chi connectivity index (χ2n) is 6.22. The molecule has 1 aliphatic heterocycles. The molecule has 3 heteroatoms. The van der Waals surface area contributed by atoms with E-state index in [4.69, 9.17) is 0 Å². The molecule has 0 spiro atoms. The Kier molecular flexibility index (Phi) is 4.37. The van der Waals surface area contributed by atoms with E-state index in [1.165, 1.54) is 44.3 Å². The number of hydrogen-bond acceptors (Lipinski definition) is 2. The summed E-state index contributed by atoms with van der Waals surface area (Å²) in [4.78, 5) is 2.65. The minimum absolute atomic E-state index is 0.152. The van der Waals surface area contributed by atoms with Crippen LogP contribution in [0.3, 0.4) is 0 Å². The summed E-state index contributed by atoms with van der Waals surface area (Å²) in [5.41, 5.74) is 1.21. The van der Waals surface area contributed by atoms with Gasteiger partial charge in [-0.2, -0.15) is 0 Å². The van der Waals surface area contributed by atoms with Crippen molar-refractivity contribution in [2.75, 3.05) is 13.1 Å². The Morgan fingerprint density at radius 2 is 1.80 bits per heavy atom. The second-order valence-corrected chi connectivity index (χ2v) is 6.22. The lowest BCUT2D eigenvalue weighted by atomic mass is 9.99. The van der Waals surface area contributed by atoms with E-state index in [1.807, 2.05) is 12.1 Å². The molecule has 3 rings (SSSR count). The van der Waals surface area contributed by atoms with Crippen molar-refractivity contribution in [3.8, 4) is 0 Å². The van der Waals surface area contributed by atoms with Gasteiger partial charge in [0.05, 0.1) is 0 Å². The first-order chi connectivity index (χ1) is 9.76. The van der Waals surface area contributed by atoms with Crippen LogP contribution in [0.5, 0.6) is 0 Å². The number of hydrogen-bond donors (Lipinski definition) is 1. The first-order valence-corrected chi connectivity index (χ1v) is 8.02. The molecule has 20 heavy (non-hydrogen) atoms. The molecule has 1 aromatic carbocycles. The van der Waals surface area contributed by atoms with Gasteiger partial charge in [0.2, 0.25) is 0 Å². The zero-order valence-corrected chi connectivity index (χ0v) is 12.3. The molecule has 2 nitrogen and oxygen atoms in total. The Morgan fingerprint density at radius 1 is 1.15 bits per heavy atom. The molecule has 1 unspecified atom stereocenters. The summed E-state index contributed by atoms with van der Waals surface area (Å²) in [6, 6.07) is 8.82. The number of likely N-dealkylation sites (tertiary alicyclic amines) is 1. The molecule has 2 fully saturated rings. The summed E-state index contributed by atoms with van der Waals surface area (Å²) in [5.74, 6) is -0.152. The molecule has 1 aromatic rings. The largest absolute Gasteiger partial charge is 0.307 e. The van der Waals surface area contributed by atoms with E-state index in [-0.39, 0.29) is 5.82 Å². The number of nitrogens with one attached hydrogen (secondary N) is 1. The van der Waals surface area contributed by atoms with Crippen LogP contribution in [-0.2, 0) is 0 Å². The average Bonchev–Trinajstić information content (AvgIpc) is 3.31. The first-order valence-electron chi connectivity index (χ1n) is 8.02. The molecule has 1 saturated heterocycles. The van der Waals surface area contributed by atoms with Gasteiger partial charge >= 0.3 is 0 Å². The summed E-state index contributed by atoms with van der Waals surface area (Å²) in [6.45, 7) is 4.67. The summed E-state index contributed by atoms with van der Waals surface area (Å²) in [5, 5.41) is 3.77. The quantitative estimate of drug-likeness (QED) is 0.885. The smallest absolute Gasteiger partial charge is 0.123 e. The number of rotatable bonds is 5. The van der Waals surface area contributed by atoms with E-state index in [0.717, 1.165) is 12.5 Å². The number of piperidine rings is 1. The van der Waals surface area contributed by atoms with Gasteiger partial charge in [-0.15, -0.1) is 0 Å². The average molecular weight is 276 g/mol. The standard InChI is InChI=1S/C17H25FN2/c1-2-17(13-3-5-14(18)6-4-13)19-15-9-11-20(12-10-15)16-7-8-16/h3-6,15-17,19H,2,7-12H2,1H3. The predicted octanol–water partition coefficient (Wildman–Crippen LogP) is 3.49. The highest BCUT2D eigenvalue weighted by Gasteiger charge is 2.32. The normalized spacial score (nSPS) is 22.9. The van der Waals surface area contributed by atoms with Gasteiger partial charge in [0.25, 0.3) is 0 Å². The fourth-order valence-electron chi connectivity index (χ4n) is 3.30. The summed E-state index contributed by atoms with van der Waals surface area (Å²) >= 11 is 0. The molecular formula is C17H25FN2. The highest BCUT2D eigenvalue weighted by atomic mass is 19.1. The van der Waals surface area contributed by atoms with Crippen LogP contribution in [0.25, 0.3) is 0 Å². The Bertz CT molecular complexity index is 419. The van der Waals surface area contributed by atoms with Crippen LogP contribution in [-0.4, -0.2) is 30.1 Å². The monoisotopic (exact) mass is 276 g/mol. The maximum Gasteiger partial charge on any atom is 0.123 e. The van der Waals surface area contributed by atoms with Gasteiger partial charge in [-0.25, -0.2) is 4.39 Å². The third-order valence-electron chi connectivity index (χ3n) is 4.71. The van der Waals surface area contributed by atoms with Crippen molar-refractivity contribution < 1.29 is 4.39 Å². The van der Waals surface area contributed by atoms with Gasteiger partial charge in [0, 0.05) is 18.1 Å². The number of halogens is 1. The lowest BCUT2D eigenvalue weighted by Gasteiger charge is -2.34. The van der Waals surface area contributed by atoms with Gasteiger partial charge in [-0.05, 0) is 62.9 Å². The van der Waals surface area contributed by atoms with Gasteiger partial charge in [0.15, 0.2) is 0 Å². The fraction of sp³-hybridized carbons (Fsp3) is 0.647. The maximum absolute atomic E-state index is 13.0. The predicted molar refractivity (Wildman–Crippen MR) is 80.2 cm³/mol. The molecule has 0 aromatic heterocycles. The minimum atomic E-state index is -0.152. The zero-order chi connectivity index (χ0) is 13.9. The molecular weight excluding hydrogens is 251 g/mol. The van der Waals surface area contributed by atoms with E-state index >= 15 is 0 Å². The fourth-order valence-corrected chi connectivity index (χ4v) is 3.30. The lowest BCUT2D eigenvalue weighted by Crippen LogP contribution is -2.44. The van der Waals surface area contributed by atoms with E-state index in [9.17, 15) is 4.39 Å². The van der Waals surface area contributed by atoms with Gasteiger partial charge in [-0.1, -0.05) is 19.1 Å². The Hall–Kier alpha value is -0.930. The first kappa shape index (κ1) is 14.0. The summed E-state index contributed by atoms with van der Waals surface area (Å²) in [6.07, 6.45) is 6.35. The second kappa shape index (κ2) is 6.23. The van der Waals surface area contributed by atoms with Crippen LogP contribution in [0.2, 0.25) is 0 Å². The number of nitrogens with zero attached hydrogens (tertiary/aromatic N) is 1. The molecule has 0 amide bonds. The Balaban J connectivity index is 1.54. The highest BCUT2D eigenvalue weighted by molar-refractivity contribution is 5.20. The van der Waals surface area contributed by atoms with Crippen LogP contribution < -0.4 is 5.32 Å². The summed E-state index contributed by atoms with van der Waals surface area (Å²) < 4.78 is 13.0. The lowest BCUT2D eigenvalue weighted by molar-refractivity contribution is 0.182. The molecule has 1 atom stereocenters. The van der Waals surface area contributed by atoms with Gasteiger partial charge < -0.3 is 10.2 Å². The van der Waals surface area contributed by atoms with E-state index < -0.39 is 0 Å². The van der Waals surface area contributed by atoms with Crippen LogP contribution >= 0.6 is 0 Å². The van der Waals surface area contributed by atoms with Crippen molar-refractivity contribution in [3.05, 3.63) is 35.6 Å². The Labute approximate surface area is 121 Å².